The minimum absolute atomic E-state index is 0.167. The normalized spacial score (nSPS) is 26.9. The summed E-state index contributed by atoms with van der Waals surface area (Å²) in [6.45, 7) is 2.17. The number of rotatable bonds is 4. The van der Waals surface area contributed by atoms with Crippen LogP contribution < -0.4 is 0 Å². The Kier molecular flexibility index (Phi) is 5.61. The van der Waals surface area contributed by atoms with Crippen molar-refractivity contribution in [2.75, 3.05) is 0 Å². The molecule has 1 fully saturated rings. The van der Waals surface area contributed by atoms with Crippen molar-refractivity contribution in [2.45, 2.75) is 57.3 Å². The van der Waals surface area contributed by atoms with Gasteiger partial charge in [0.1, 0.15) is 17.5 Å². The fourth-order valence-corrected chi connectivity index (χ4v) is 5.46. The molecule has 0 unspecified atom stereocenters. The van der Waals surface area contributed by atoms with Crippen LogP contribution in [-0.2, 0) is 6.42 Å². The zero-order valence-corrected chi connectivity index (χ0v) is 16.3. The second-order valence-electron chi connectivity index (χ2n) is 8.30. The zero-order chi connectivity index (χ0) is 19.7. The van der Waals surface area contributed by atoms with Crippen LogP contribution in [0.1, 0.15) is 67.6 Å². The summed E-state index contributed by atoms with van der Waals surface area (Å²) in [5.41, 5.74) is 2.69. The number of benzene rings is 2. The van der Waals surface area contributed by atoms with E-state index in [9.17, 15) is 13.2 Å². The quantitative estimate of drug-likeness (QED) is 0.485. The van der Waals surface area contributed by atoms with Gasteiger partial charge in [0, 0.05) is 6.07 Å². The van der Waals surface area contributed by atoms with E-state index in [1.807, 2.05) is 12.1 Å². The summed E-state index contributed by atoms with van der Waals surface area (Å²) in [6, 6.07) is 9.40. The van der Waals surface area contributed by atoms with Crippen LogP contribution in [0.3, 0.4) is 0 Å². The van der Waals surface area contributed by atoms with Crippen molar-refractivity contribution >= 4 is 0 Å². The smallest absolute Gasteiger partial charge is 0.129 e. The van der Waals surface area contributed by atoms with Gasteiger partial charge in [0.05, 0.1) is 0 Å². The Bertz CT molecular complexity index is 853. The Morgan fingerprint density at radius 3 is 2.50 bits per heavy atom. The largest absolute Gasteiger partial charge is 0.207 e. The lowest BCUT2D eigenvalue weighted by Gasteiger charge is -2.46. The number of unbranched alkanes of at least 4 members (excludes halogenated alkanes) is 1. The highest BCUT2D eigenvalue weighted by atomic mass is 19.1. The van der Waals surface area contributed by atoms with Crippen LogP contribution in [0.15, 0.2) is 48.6 Å². The first-order chi connectivity index (χ1) is 13.6. The van der Waals surface area contributed by atoms with Crippen LogP contribution >= 0.6 is 0 Å². The molecule has 0 bridgehead atoms. The molecule has 0 aromatic heterocycles. The summed E-state index contributed by atoms with van der Waals surface area (Å²) in [5.74, 6) is 0.0124. The zero-order valence-electron chi connectivity index (χ0n) is 16.3. The van der Waals surface area contributed by atoms with Gasteiger partial charge in [-0.3, -0.25) is 0 Å². The third-order valence-corrected chi connectivity index (χ3v) is 6.67. The first-order valence-electron chi connectivity index (χ1n) is 10.5. The maximum Gasteiger partial charge on any atom is 0.129 e. The lowest BCUT2D eigenvalue weighted by molar-refractivity contribution is 0.193. The maximum absolute atomic E-state index is 14.3. The molecule has 0 heterocycles. The van der Waals surface area contributed by atoms with E-state index in [-0.39, 0.29) is 17.7 Å². The molecule has 0 radical (unpaired) electrons. The Morgan fingerprint density at radius 2 is 1.75 bits per heavy atom. The highest BCUT2D eigenvalue weighted by Gasteiger charge is 2.43. The Balaban J connectivity index is 1.73. The summed E-state index contributed by atoms with van der Waals surface area (Å²) in [7, 11) is 0. The molecular formula is C25H27F3. The van der Waals surface area contributed by atoms with E-state index in [2.05, 4.69) is 19.1 Å². The van der Waals surface area contributed by atoms with Crippen LogP contribution in [0.2, 0.25) is 0 Å². The molecule has 28 heavy (non-hydrogen) atoms. The predicted octanol–water partition coefficient (Wildman–Crippen LogP) is 7.30. The molecule has 2 aromatic carbocycles. The van der Waals surface area contributed by atoms with Gasteiger partial charge in [0.25, 0.3) is 0 Å². The average molecular weight is 384 g/mol. The van der Waals surface area contributed by atoms with Crippen molar-refractivity contribution < 1.29 is 13.2 Å². The molecule has 4 rings (SSSR count). The second kappa shape index (κ2) is 8.14. The maximum atomic E-state index is 14.3. The minimum Gasteiger partial charge on any atom is -0.207 e. The van der Waals surface area contributed by atoms with Crippen LogP contribution in [0, 0.1) is 29.3 Å². The standard InChI is InChI=1S/C25H27F3/c1-2-3-4-5-16-8-11-20-22(25(16)17-6-9-18(26)10-7-17)13-12-21-23(20)14-19(27)15-24(21)28/h4-7,9-10,14-16,20,22,25H,2-3,8,11-13H2,1H3/b5-4+/t16-,20-,22+,25-/m1/s1. The van der Waals surface area contributed by atoms with Gasteiger partial charge in [-0.15, -0.1) is 0 Å². The van der Waals surface area contributed by atoms with Crippen LogP contribution in [0.5, 0.6) is 0 Å². The van der Waals surface area contributed by atoms with Gasteiger partial charge in [-0.2, -0.15) is 0 Å². The van der Waals surface area contributed by atoms with Gasteiger partial charge in [0.2, 0.25) is 0 Å². The first-order valence-corrected chi connectivity index (χ1v) is 10.5. The first kappa shape index (κ1) is 19.3. The van der Waals surface area contributed by atoms with E-state index < -0.39 is 11.6 Å². The Morgan fingerprint density at radius 1 is 0.964 bits per heavy atom. The van der Waals surface area contributed by atoms with Crippen molar-refractivity contribution in [3.63, 3.8) is 0 Å². The number of hydrogen-bond acceptors (Lipinski definition) is 0. The molecule has 2 aliphatic carbocycles. The van der Waals surface area contributed by atoms with E-state index in [0.29, 0.717) is 23.8 Å². The predicted molar refractivity (Wildman–Crippen MR) is 107 cm³/mol. The molecule has 148 valence electrons. The molecule has 2 aliphatic rings. The molecule has 0 saturated heterocycles. The highest BCUT2D eigenvalue weighted by molar-refractivity contribution is 5.38. The topological polar surface area (TPSA) is 0 Å². The minimum atomic E-state index is -0.486. The molecule has 0 spiro atoms. The average Bonchev–Trinajstić information content (AvgIpc) is 2.68. The summed E-state index contributed by atoms with van der Waals surface area (Å²) in [4.78, 5) is 0. The van der Waals surface area contributed by atoms with E-state index in [1.165, 1.54) is 12.1 Å². The van der Waals surface area contributed by atoms with Gasteiger partial charge in [0.15, 0.2) is 0 Å². The Labute approximate surface area is 165 Å². The summed E-state index contributed by atoms with van der Waals surface area (Å²) in [5, 5.41) is 0. The Hall–Kier alpha value is -2.03. The molecule has 2 aromatic rings. The van der Waals surface area contributed by atoms with E-state index >= 15 is 0 Å². The fraction of sp³-hybridized carbons (Fsp3) is 0.440. The fourth-order valence-electron chi connectivity index (χ4n) is 5.46. The molecule has 0 nitrogen and oxygen atoms in total. The second-order valence-corrected chi connectivity index (χ2v) is 8.30. The molecule has 4 atom stereocenters. The van der Waals surface area contributed by atoms with Crippen LogP contribution in [0.4, 0.5) is 13.2 Å². The van der Waals surface area contributed by atoms with Gasteiger partial charge in [-0.05, 0) is 90.7 Å². The highest BCUT2D eigenvalue weighted by Crippen LogP contribution is 2.54. The van der Waals surface area contributed by atoms with Crippen molar-refractivity contribution in [3.8, 4) is 0 Å². The third kappa shape index (κ3) is 3.64. The van der Waals surface area contributed by atoms with Crippen molar-refractivity contribution in [1.82, 2.24) is 0 Å². The van der Waals surface area contributed by atoms with Crippen LogP contribution in [-0.4, -0.2) is 0 Å². The molecule has 0 N–H and O–H groups in total. The SMILES string of the molecule is CCC/C=C/[C@@H]1CC[C@H]2c3cc(F)cc(F)c3CC[C@@H]2[C@H]1c1ccc(F)cc1. The summed E-state index contributed by atoms with van der Waals surface area (Å²) in [6.07, 6.45) is 10.2. The number of hydrogen-bond donors (Lipinski definition) is 0. The van der Waals surface area contributed by atoms with Crippen molar-refractivity contribution in [1.29, 1.82) is 0 Å². The van der Waals surface area contributed by atoms with Crippen molar-refractivity contribution in [2.24, 2.45) is 11.8 Å². The lowest BCUT2D eigenvalue weighted by atomic mass is 9.58. The number of allylic oxidation sites excluding steroid dienone is 2. The third-order valence-electron chi connectivity index (χ3n) is 6.67. The molecular weight excluding hydrogens is 357 g/mol. The van der Waals surface area contributed by atoms with Gasteiger partial charge in [-0.25, -0.2) is 13.2 Å². The van der Waals surface area contributed by atoms with E-state index in [1.54, 1.807) is 6.07 Å². The van der Waals surface area contributed by atoms with E-state index in [4.69, 9.17) is 0 Å². The summed E-state index contributed by atoms with van der Waals surface area (Å²) >= 11 is 0. The lowest BCUT2D eigenvalue weighted by Crippen LogP contribution is -2.35. The van der Waals surface area contributed by atoms with E-state index in [0.717, 1.165) is 49.3 Å². The summed E-state index contributed by atoms with van der Waals surface area (Å²) < 4.78 is 41.8. The van der Waals surface area contributed by atoms with Gasteiger partial charge >= 0.3 is 0 Å². The molecule has 0 aliphatic heterocycles. The van der Waals surface area contributed by atoms with Crippen molar-refractivity contribution in [3.05, 3.63) is 82.7 Å². The monoisotopic (exact) mass is 384 g/mol. The molecule has 3 heteroatoms. The van der Waals surface area contributed by atoms with Crippen LogP contribution in [0.25, 0.3) is 0 Å². The van der Waals surface area contributed by atoms with Gasteiger partial charge in [-0.1, -0.05) is 37.6 Å². The molecule has 0 amide bonds. The number of halogens is 3. The van der Waals surface area contributed by atoms with Gasteiger partial charge < -0.3 is 0 Å². The number of fused-ring (bicyclic) bond motifs is 3. The molecule has 1 saturated carbocycles.